The zero-order chi connectivity index (χ0) is 22.0. The molecule has 1 aliphatic heterocycles. The molecule has 0 radical (unpaired) electrons. The zero-order valence-corrected chi connectivity index (χ0v) is 19.4. The molecular weight excluding hydrogens is 456 g/mol. The van der Waals surface area contributed by atoms with Crippen molar-refractivity contribution in [1.82, 2.24) is 5.32 Å². The van der Waals surface area contributed by atoms with E-state index >= 15 is 0 Å². The summed E-state index contributed by atoms with van der Waals surface area (Å²) in [6.45, 7) is 4.40. The van der Waals surface area contributed by atoms with E-state index in [0.717, 1.165) is 22.9 Å². The van der Waals surface area contributed by atoms with Gasteiger partial charge in [0.2, 0.25) is 5.91 Å². The van der Waals surface area contributed by atoms with Crippen molar-refractivity contribution in [2.24, 2.45) is 11.8 Å². The summed E-state index contributed by atoms with van der Waals surface area (Å²) < 4.78 is 6.78. The van der Waals surface area contributed by atoms with Gasteiger partial charge >= 0.3 is 0 Å². The first-order valence-electron chi connectivity index (χ1n) is 10.8. The predicted octanol–water partition coefficient (Wildman–Crippen LogP) is 5.16. The van der Waals surface area contributed by atoms with Crippen molar-refractivity contribution < 1.29 is 14.3 Å². The van der Waals surface area contributed by atoms with E-state index in [4.69, 9.17) is 4.74 Å². The summed E-state index contributed by atoms with van der Waals surface area (Å²) in [5.41, 5.74) is 1.44. The van der Waals surface area contributed by atoms with Gasteiger partial charge in [0.05, 0.1) is 5.69 Å². The van der Waals surface area contributed by atoms with Gasteiger partial charge in [0.15, 0.2) is 11.5 Å². The Labute approximate surface area is 191 Å². The van der Waals surface area contributed by atoms with Crippen LogP contribution in [0.4, 0.5) is 5.69 Å². The second-order valence-electron chi connectivity index (χ2n) is 8.43. The molecule has 6 heteroatoms. The van der Waals surface area contributed by atoms with Gasteiger partial charge in [-0.1, -0.05) is 73.0 Å². The summed E-state index contributed by atoms with van der Waals surface area (Å²) in [6.07, 6.45) is 5.01. The van der Waals surface area contributed by atoms with Crippen molar-refractivity contribution in [3.05, 3.63) is 64.3 Å². The van der Waals surface area contributed by atoms with Gasteiger partial charge in [-0.05, 0) is 48.1 Å². The molecule has 3 atom stereocenters. The quantitative estimate of drug-likeness (QED) is 0.612. The number of amides is 2. The first-order valence-corrected chi connectivity index (χ1v) is 11.6. The van der Waals surface area contributed by atoms with Crippen LogP contribution in [0.2, 0.25) is 0 Å². The van der Waals surface area contributed by atoms with Crippen LogP contribution in [0.5, 0.6) is 5.75 Å². The molecule has 0 aromatic heterocycles. The fourth-order valence-electron chi connectivity index (χ4n) is 4.33. The average molecular weight is 483 g/mol. The monoisotopic (exact) mass is 482 g/mol. The Morgan fingerprint density at radius 1 is 1.16 bits per heavy atom. The van der Waals surface area contributed by atoms with Crippen LogP contribution < -0.4 is 15.0 Å². The molecular formula is C25H27BrN2O3. The molecule has 2 amide bonds. The van der Waals surface area contributed by atoms with Gasteiger partial charge in [-0.15, -0.1) is 0 Å². The smallest absolute Gasteiger partial charge is 0.294 e. The van der Waals surface area contributed by atoms with Gasteiger partial charge in [-0.2, -0.15) is 0 Å². The van der Waals surface area contributed by atoms with E-state index in [9.17, 15) is 9.59 Å². The molecule has 0 unspecified atom stereocenters. The van der Waals surface area contributed by atoms with Gasteiger partial charge < -0.3 is 10.1 Å². The molecule has 0 saturated heterocycles. The summed E-state index contributed by atoms with van der Waals surface area (Å²) >= 11 is 3.51. The standard InChI is InChI=1S/C25H27BrN2O3/c1-16-8-7-11-20(17(16)2)27-24(29)15-28-21-12-5-6-13-22(21)31-23(25(28)30)14-18-9-3-4-10-19(18)26/h3-6,9-10,12-14,16-17,20H,7-8,11,15H2,1-2H3,(H,27,29)/b23-14+/t16-,17-,20-/m1/s1. The van der Waals surface area contributed by atoms with Crippen molar-refractivity contribution in [3.8, 4) is 5.75 Å². The first-order chi connectivity index (χ1) is 14.9. The fourth-order valence-corrected chi connectivity index (χ4v) is 4.73. The third-order valence-corrected chi connectivity index (χ3v) is 7.10. The molecule has 31 heavy (non-hydrogen) atoms. The van der Waals surface area contributed by atoms with Gasteiger partial charge in [0.1, 0.15) is 6.54 Å². The van der Waals surface area contributed by atoms with E-state index in [1.54, 1.807) is 12.1 Å². The highest BCUT2D eigenvalue weighted by Gasteiger charge is 2.33. The Bertz CT molecular complexity index is 1020. The zero-order valence-electron chi connectivity index (χ0n) is 17.8. The summed E-state index contributed by atoms with van der Waals surface area (Å²) in [6, 6.07) is 15.1. The van der Waals surface area contributed by atoms with E-state index in [-0.39, 0.29) is 30.2 Å². The number of benzene rings is 2. The second kappa shape index (κ2) is 9.27. The van der Waals surface area contributed by atoms with Gasteiger partial charge in [0.25, 0.3) is 5.91 Å². The van der Waals surface area contributed by atoms with Crippen LogP contribution >= 0.6 is 15.9 Å². The van der Waals surface area contributed by atoms with Gasteiger partial charge in [-0.3, -0.25) is 14.5 Å². The highest BCUT2D eigenvalue weighted by atomic mass is 79.9. The van der Waals surface area contributed by atoms with Crippen LogP contribution in [0.3, 0.4) is 0 Å². The van der Waals surface area contributed by atoms with Crippen LogP contribution in [-0.2, 0) is 9.59 Å². The number of carbonyl (C=O) groups is 2. The highest BCUT2D eigenvalue weighted by Crippen LogP contribution is 2.36. The number of halogens is 1. The lowest BCUT2D eigenvalue weighted by molar-refractivity contribution is -0.124. The van der Waals surface area contributed by atoms with Crippen molar-refractivity contribution in [2.75, 3.05) is 11.4 Å². The van der Waals surface area contributed by atoms with Crippen molar-refractivity contribution in [2.45, 2.75) is 39.2 Å². The number of ether oxygens (including phenoxy) is 1. The molecule has 1 fully saturated rings. The average Bonchev–Trinajstić information content (AvgIpc) is 2.76. The van der Waals surface area contributed by atoms with E-state index < -0.39 is 0 Å². The molecule has 0 spiro atoms. The van der Waals surface area contributed by atoms with Crippen LogP contribution in [0.15, 0.2) is 58.8 Å². The van der Waals surface area contributed by atoms with Crippen molar-refractivity contribution in [1.29, 1.82) is 0 Å². The van der Waals surface area contributed by atoms with Crippen LogP contribution in [0.25, 0.3) is 6.08 Å². The number of fused-ring (bicyclic) bond motifs is 1. The lowest BCUT2D eigenvalue weighted by atomic mass is 9.78. The minimum Gasteiger partial charge on any atom is -0.449 e. The molecule has 1 aliphatic carbocycles. The molecule has 1 N–H and O–H groups in total. The largest absolute Gasteiger partial charge is 0.449 e. The number of carbonyl (C=O) groups excluding carboxylic acids is 2. The SMILES string of the molecule is C[C@@H]1[C@H](C)CCC[C@H]1NC(=O)CN1C(=O)/C(=C\c2ccccc2Br)Oc2ccccc21. The van der Waals surface area contributed by atoms with Crippen LogP contribution in [0.1, 0.15) is 38.7 Å². The number of para-hydroxylation sites is 2. The van der Waals surface area contributed by atoms with E-state index in [1.165, 1.54) is 11.3 Å². The number of rotatable bonds is 4. The molecule has 5 nitrogen and oxygen atoms in total. The van der Waals surface area contributed by atoms with Crippen LogP contribution in [-0.4, -0.2) is 24.4 Å². The first kappa shape index (κ1) is 21.6. The van der Waals surface area contributed by atoms with E-state index in [1.807, 2.05) is 42.5 Å². The molecule has 1 heterocycles. The number of anilines is 1. The number of nitrogens with zero attached hydrogens (tertiary/aromatic N) is 1. The maximum atomic E-state index is 13.3. The highest BCUT2D eigenvalue weighted by molar-refractivity contribution is 9.10. The summed E-state index contributed by atoms with van der Waals surface area (Å²) in [4.78, 5) is 27.7. The Balaban J connectivity index is 1.58. The molecule has 2 aromatic rings. The Morgan fingerprint density at radius 3 is 2.71 bits per heavy atom. The Morgan fingerprint density at radius 2 is 1.90 bits per heavy atom. The third kappa shape index (κ3) is 4.69. The summed E-state index contributed by atoms with van der Waals surface area (Å²) in [5, 5.41) is 3.17. The van der Waals surface area contributed by atoms with Gasteiger partial charge in [-0.25, -0.2) is 0 Å². The number of hydrogen-bond donors (Lipinski definition) is 1. The van der Waals surface area contributed by atoms with E-state index in [0.29, 0.717) is 23.3 Å². The Kier molecular flexibility index (Phi) is 6.46. The molecule has 1 saturated carbocycles. The third-order valence-electron chi connectivity index (χ3n) is 6.38. The van der Waals surface area contributed by atoms with Crippen molar-refractivity contribution in [3.63, 3.8) is 0 Å². The van der Waals surface area contributed by atoms with E-state index in [2.05, 4.69) is 35.1 Å². The molecule has 4 rings (SSSR count). The summed E-state index contributed by atoms with van der Waals surface area (Å²) in [7, 11) is 0. The normalized spacial score (nSPS) is 24.5. The maximum absolute atomic E-state index is 13.3. The number of nitrogens with one attached hydrogen (secondary N) is 1. The number of hydrogen-bond acceptors (Lipinski definition) is 3. The minimum absolute atomic E-state index is 0.0376. The lowest BCUT2D eigenvalue weighted by Gasteiger charge is -2.35. The Hall–Kier alpha value is -2.60. The maximum Gasteiger partial charge on any atom is 0.294 e. The van der Waals surface area contributed by atoms with Crippen LogP contribution in [0, 0.1) is 11.8 Å². The molecule has 2 aromatic carbocycles. The van der Waals surface area contributed by atoms with Crippen molar-refractivity contribution >= 4 is 39.5 Å². The molecule has 2 aliphatic rings. The fraction of sp³-hybridized carbons (Fsp3) is 0.360. The lowest BCUT2D eigenvalue weighted by Crippen LogP contribution is -2.49. The topological polar surface area (TPSA) is 58.6 Å². The predicted molar refractivity (Wildman–Crippen MR) is 126 cm³/mol. The second-order valence-corrected chi connectivity index (χ2v) is 9.29. The summed E-state index contributed by atoms with van der Waals surface area (Å²) in [5.74, 6) is 1.30. The minimum atomic E-state index is -0.324. The molecule has 162 valence electrons. The van der Waals surface area contributed by atoms with Gasteiger partial charge in [0, 0.05) is 10.5 Å². The molecule has 0 bridgehead atoms.